The van der Waals surface area contributed by atoms with E-state index in [0.717, 1.165) is 0 Å². The van der Waals surface area contributed by atoms with Crippen molar-refractivity contribution in [3.63, 3.8) is 0 Å². The SMILES string of the molecule is CO/[C](=[Cf]\[N]1C(F)(F)C(F)(F)C(F)(F)C(F)(F)C1(F)F)C(F)(F)F. The number of hydrogen-bond acceptors (Lipinski definition) is 2. The molecular weight excluding hydrogens is 624 g/mol. The molecule has 0 saturated carbocycles. The number of hydrogen-bond donors (Lipinski definition) is 0. The molecule has 1 rings (SSSR count). The summed E-state index contributed by atoms with van der Waals surface area (Å²) in [4.78, 5) is 0. The van der Waals surface area contributed by atoms with Gasteiger partial charge in [0.15, 0.2) is 0 Å². The summed E-state index contributed by atoms with van der Waals surface area (Å²) >= 11 is 0. The van der Waals surface area contributed by atoms with Crippen LogP contribution in [0.1, 0.15) is 0 Å². The zero-order chi connectivity index (χ0) is 19.6. The van der Waals surface area contributed by atoms with E-state index in [2.05, 4.69) is 4.74 Å². The molecule has 0 amide bonds. The minimum atomic E-state index is -7.23. The third-order valence-corrected chi connectivity index (χ3v) is 6.40. The Kier molecular flexibility index (Phi) is 3.91. The molecule has 0 radical (unpaired) electrons. The quantitative estimate of drug-likeness (QED) is 0.342. The fourth-order valence-electron chi connectivity index (χ4n) is 1.32. The maximum atomic E-state index is 13.3. The molecule has 16 heteroatoms. The van der Waals surface area contributed by atoms with E-state index in [1.54, 1.807) is 0 Å². The number of rotatable bonds is 2. The van der Waals surface area contributed by atoms with Crippen molar-refractivity contribution < 1.29 is 61.8 Å². The Morgan fingerprint density at radius 1 is 0.750 bits per heavy atom. The van der Waals surface area contributed by atoms with Crippen molar-refractivity contribution in [3.05, 3.63) is 0 Å². The van der Waals surface area contributed by atoms with E-state index in [1.165, 1.54) is 0 Å². The summed E-state index contributed by atoms with van der Waals surface area (Å²) in [7, 11) is 0.128. The standard InChI is InChI=1S/C5F10N.C3H3F3O.Cf/c6-1(7)2(8,9)4(12,13)16-5(14,15)3(1,10)11;1-7-2-3(4,5)6;/h;1H3;/q-1;;+1. The van der Waals surface area contributed by atoms with Gasteiger partial charge in [0.05, 0.1) is 0 Å². The molecule has 0 aromatic heterocycles. The molecule has 0 bridgehead atoms. The Hall–Kier alpha value is -2.12. The molecule has 24 heavy (non-hydrogen) atoms. The van der Waals surface area contributed by atoms with Gasteiger partial charge < -0.3 is 0 Å². The van der Waals surface area contributed by atoms with E-state index in [1.807, 2.05) is 0 Å². The van der Waals surface area contributed by atoms with Crippen molar-refractivity contribution in [2.24, 2.45) is 0 Å². The molecule has 1 aliphatic rings. The van der Waals surface area contributed by atoms with Crippen molar-refractivity contribution in [1.82, 2.24) is 5.32 Å². The normalized spacial score (nSPS) is 28.3. The third kappa shape index (κ3) is 2.12. The van der Waals surface area contributed by atoms with Gasteiger partial charge in [-0.25, -0.2) is 0 Å². The van der Waals surface area contributed by atoms with Crippen LogP contribution in [-0.4, -0.2) is 55.1 Å². The van der Waals surface area contributed by atoms with Crippen LogP contribution in [-0.2, 0) is 4.74 Å². The molecule has 0 aromatic carbocycles. The Balaban J connectivity index is 3.74. The Morgan fingerprint density at radius 2 is 1.08 bits per heavy atom. The molecule has 0 N–H and O–H groups in total. The molecule has 0 atom stereocenters. The minimum absolute atomic E-state index is 0.128. The molecule has 1 heterocycles. The van der Waals surface area contributed by atoms with Gasteiger partial charge in [-0.1, -0.05) is 0 Å². The van der Waals surface area contributed by atoms with E-state index in [4.69, 9.17) is 0 Å². The van der Waals surface area contributed by atoms with E-state index >= 15 is 0 Å². The molecule has 0 aromatic rings. The van der Waals surface area contributed by atoms with Crippen LogP contribution in [0.25, 0.3) is 0 Å². The zero-order valence-electron chi connectivity index (χ0n) is 10.6. The van der Waals surface area contributed by atoms with Crippen LogP contribution < -0.4 is 0 Å². The first-order valence-electron chi connectivity index (χ1n) is 5.07. The number of ether oxygens (including phenoxy) is 1. The molecule has 0 aliphatic carbocycles. The second kappa shape index (κ2) is 4.70. The predicted molar refractivity (Wildman–Crippen MR) is 44.6 cm³/mol. The molecule has 0 spiro atoms. The van der Waals surface area contributed by atoms with Gasteiger partial charge in [-0.3, -0.25) is 0 Å². The van der Waals surface area contributed by atoms with Crippen LogP contribution in [0.2, 0.25) is 0 Å². The topological polar surface area (TPSA) is 12.5 Å². The molecule has 1 saturated heterocycles. The van der Waals surface area contributed by atoms with Crippen LogP contribution >= 0.6 is 0 Å². The van der Waals surface area contributed by atoms with E-state index in [0.29, 0.717) is 0 Å². The van der Waals surface area contributed by atoms with E-state index < -0.39 is 48.0 Å². The van der Waals surface area contributed by atoms with Gasteiger partial charge in [0, 0.05) is 0 Å². The summed E-state index contributed by atoms with van der Waals surface area (Å²) in [6, 6.07) is -13.4. The molecule has 1 aliphatic heterocycles. The number of nitrogens with zero attached hydrogens (tertiary/aromatic N) is 1. The number of alkyl halides is 13. The number of halogens is 13. The molecular formula is C8H3CfF13NO. The Labute approximate surface area is 118 Å². The fourth-order valence-corrected chi connectivity index (χ4v) is 3.91. The average molecular weight is 627 g/mol. The monoisotopic (exact) mass is 625 g/mol. The molecule has 2 nitrogen and oxygen atoms in total. The predicted octanol–water partition coefficient (Wildman–Crippen LogP) is 3.73. The van der Waals surface area contributed by atoms with Gasteiger partial charge >= 0.3 is 117 Å². The van der Waals surface area contributed by atoms with Gasteiger partial charge in [-0.15, -0.1) is 0 Å². The van der Waals surface area contributed by atoms with Crippen LogP contribution in [0.3, 0.4) is 0 Å². The van der Waals surface area contributed by atoms with Crippen molar-refractivity contribution in [3.8, 4) is 0 Å². The van der Waals surface area contributed by atoms with E-state index in [9.17, 15) is 57.1 Å². The summed E-state index contributed by atoms with van der Waals surface area (Å²) in [6.45, 7) is -2.56. The summed E-state index contributed by atoms with van der Waals surface area (Å²) < 4.78 is 167. The first-order valence-corrected chi connectivity index (χ1v) is 7.56. The van der Waals surface area contributed by atoms with Gasteiger partial charge in [-0.2, -0.15) is 0 Å². The van der Waals surface area contributed by atoms with Gasteiger partial charge in [0.25, 0.3) is 0 Å². The van der Waals surface area contributed by atoms with Crippen LogP contribution in [0.4, 0.5) is 57.1 Å². The zero-order valence-corrected chi connectivity index (χ0v) is 13.2. The third-order valence-electron chi connectivity index (χ3n) is 2.51. The first kappa shape index (κ1) is 19.9. The van der Waals surface area contributed by atoms with Crippen LogP contribution in [0.5, 0.6) is 0 Å². The molecule has 1 fully saturated rings. The van der Waals surface area contributed by atoms with Gasteiger partial charge in [-0.05, 0) is 0 Å². The molecule has 0 unspecified atom stereocenters. The summed E-state index contributed by atoms with van der Waals surface area (Å²) in [5, 5.41) is -2.52. The van der Waals surface area contributed by atoms with Crippen molar-refractivity contribution >= 4 is 6.61 Å². The van der Waals surface area contributed by atoms with Crippen molar-refractivity contribution in [1.29, 1.82) is 0 Å². The summed E-state index contributed by atoms with van der Waals surface area (Å²) in [5.74, 6) is -21.4. The first-order chi connectivity index (χ1) is 10.3. The summed E-state index contributed by atoms with van der Waals surface area (Å²) in [6.07, 6.45) is -5.73. The number of piperidine rings is 1. The van der Waals surface area contributed by atoms with Gasteiger partial charge in [0.1, 0.15) is 0 Å². The maximum absolute atomic E-state index is 13.3. The fraction of sp³-hybridized carbons (Fsp3) is 0.875. The van der Waals surface area contributed by atoms with Crippen LogP contribution in [0, 0.1) is 0 Å². The second-order valence-electron chi connectivity index (χ2n) is 4.08. The summed E-state index contributed by atoms with van der Waals surface area (Å²) in [5.41, 5.74) is 0. The average Bonchev–Trinajstić information content (AvgIpc) is 2.35. The van der Waals surface area contributed by atoms with E-state index in [-0.39, 0.29) is 7.11 Å². The van der Waals surface area contributed by atoms with Crippen LogP contribution in [0.15, 0.2) is 0 Å². The van der Waals surface area contributed by atoms with Crippen molar-refractivity contribution in [2.75, 3.05) is 7.11 Å². The van der Waals surface area contributed by atoms with Gasteiger partial charge in [0.2, 0.25) is 0 Å². The Bertz CT molecular complexity index is 509. The Morgan fingerprint density at radius 3 is 1.33 bits per heavy atom. The van der Waals surface area contributed by atoms with Crippen molar-refractivity contribution in [2.45, 2.75) is 36.0 Å². The molecule has 147 valence electrons. The second-order valence-corrected chi connectivity index (χ2v) is 7.04. The number of methoxy groups -OCH3 is 1.